The molecule has 2 rings (SSSR count). The predicted molar refractivity (Wildman–Crippen MR) is 131 cm³/mol. The number of phosphoric ester groups is 1. The number of carbonyl (C=O) groups is 2. The molecular weight excluding hydrogens is 554 g/mol. The Labute approximate surface area is 223 Å². The molecule has 1 N–H and O–H groups in total. The van der Waals surface area contributed by atoms with Crippen molar-refractivity contribution in [2.45, 2.75) is 66.0 Å². The summed E-state index contributed by atoms with van der Waals surface area (Å²) in [6, 6.07) is 1.02. The lowest BCUT2D eigenvalue weighted by atomic mass is 9.98. The van der Waals surface area contributed by atoms with E-state index in [0.29, 0.717) is 0 Å². The molecule has 16 heteroatoms. The van der Waals surface area contributed by atoms with Crippen molar-refractivity contribution in [3.8, 4) is 0 Å². The van der Waals surface area contributed by atoms with E-state index in [2.05, 4.69) is 0 Å². The van der Waals surface area contributed by atoms with Crippen LogP contribution in [-0.4, -0.2) is 59.3 Å². The first kappa shape index (κ1) is 32.1. The van der Waals surface area contributed by atoms with E-state index in [0.717, 1.165) is 16.8 Å². The second-order valence-corrected chi connectivity index (χ2v) is 12.6. The monoisotopic (exact) mass is 586 g/mol. The molecule has 38 heavy (non-hydrogen) atoms. The molecule has 0 aliphatic carbocycles. The van der Waals surface area contributed by atoms with Gasteiger partial charge in [0.15, 0.2) is 6.23 Å². The number of phosphoric acid groups is 1. The molecule has 2 heterocycles. The molecule has 216 valence electrons. The second kappa shape index (κ2) is 12.4. The number of esters is 2. The van der Waals surface area contributed by atoms with E-state index in [1.165, 1.54) is 0 Å². The molecule has 0 radical (unpaired) electrons. The van der Waals surface area contributed by atoms with Crippen LogP contribution < -0.4 is 11.2 Å². The van der Waals surface area contributed by atoms with Crippen LogP contribution >= 0.6 is 19.4 Å². The summed E-state index contributed by atoms with van der Waals surface area (Å²) in [5, 5.41) is 0. The van der Waals surface area contributed by atoms with E-state index < -0.39 is 80.0 Å². The fourth-order valence-electron chi connectivity index (χ4n) is 2.94. The summed E-state index contributed by atoms with van der Waals surface area (Å²) in [6.07, 6.45) is -2.55. The van der Waals surface area contributed by atoms with Gasteiger partial charge in [0.25, 0.3) is 5.56 Å². The number of aromatic amines is 1. The Morgan fingerprint density at radius 3 is 2.08 bits per heavy atom. The van der Waals surface area contributed by atoms with Gasteiger partial charge in [-0.15, -0.1) is 11.6 Å². The van der Waals surface area contributed by atoms with Gasteiger partial charge in [-0.3, -0.25) is 28.5 Å². The van der Waals surface area contributed by atoms with Crippen molar-refractivity contribution in [3.05, 3.63) is 33.1 Å². The SMILES string of the molecule is CC(C)(C)C(=O)OCOP(=O)(OCOC(=O)C(C)(C)C)OCC1(CCl)CC(F)C(n2ccc(=O)[nH]c2=O)O1. The van der Waals surface area contributed by atoms with Gasteiger partial charge in [0, 0.05) is 18.7 Å². The number of nitrogens with one attached hydrogen (secondary N) is 1. The van der Waals surface area contributed by atoms with E-state index in [9.17, 15) is 28.1 Å². The molecule has 0 amide bonds. The Morgan fingerprint density at radius 1 is 1.11 bits per heavy atom. The van der Waals surface area contributed by atoms with Crippen LogP contribution in [0.4, 0.5) is 4.39 Å². The highest BCUT2D eigenvalue weighted by atomic mass is 35.5. The molecule has 1 aromatic heterocycles. The predicted octanol–water partition coefficient (Wildman–Crippen LogP) is 3.02. The van der Waals surface area contributed by atoms with Crippen molar-refractivity contribution >= 4 is 31.4 Å². The number of aromatic nitrogens is 2. The van der Waals surface area contributed by atoms with E-state index in [1.807, 2.05) is 4.98 Å². The number of carbonyl (C=O) groups excluding carboxylic acids is 2. The Morgan fingerprint density at radius 2 is 1.63 bits per heavy atom. The molecule has 0 saturated carbocycles. The number of hydrogen-bond donors (Lipinski definition) is 1. The zero-order chi connectivity index (χ0) is 28.9. The maximum Gasteiger partial charge on any atom is 0.480 e. The van der Waals surface area contributed by atoms with Crippen LogP contribution in [0.3, 0.4) is 0 Å². The highest BCUT2D eigenvalue weighted by Gasteiger charge is 2.49. The van der Waals surface area contributed by atoms with Crippen molar-refractivity contribution in [1.82, 2.24) is 9.55 Å². The fourth-order valence-corrected chi connectivity index (χ4v) is 4.17. The fraction of sp³-hybridized carbons (Fsp3) is 0.727. The molecule has 1 aliphatic rings. The molecule has 0 aromatic carbocycles. The molecule has 3 unspecified atom stereocenters. The summed E-state index contributed by atoms with van der Waals surface area (Å²) in [6.45, 7) is 7.22. The number of ether oxygens (including phenoxy) is 3. The molecular formula is C22H33ClFN2O11P. The average molecular weight is 587 g/mol. The Kier molecular flexibility index (Phi) is 10.5. The third-order valence-corrected chi connectivity index (χ3v) is 6.90. The summed E-state index contributed by atoms with van der Waals surface area (Å²) in [5.74, 6) is -1.71. The molecule has 3 atom stereocenters. The van der Waals surface area contributed by atoms with Crippen molar-refractivity contribution in [2.24, 2.45) is 10.8 Å². The molecule has 1 fully saturated rings. The molecule has 0 bridgehead atoms. The standard InChI is InChI=1S/C22H33ClFN2O11P/c1-20(2,3)17(28)32-12-35-38(31,36-13-33-18(29)21(4,5)6)34-11-22(10-23)9-14(24)16(37-22)26-8-7-15(27)25-19(26)30/h7-8,14,16H,9-13H2,1-6H3,(H,25,27,30). The normalized spacial score (nSPS) is 22.3. The van der Waals surface area contributed by atoms with Gasteiger partial charge in [-0.25, -0.2) is 22.8 Å². The van der Waals surface area contributed by atoms with Crippen LogP contribution in [0.25, 0.3) is 0 Å². The van der Waals surface area contributed by atoms with E-state index in [1.54, 1.807) is 41.5 Å². The van der Waals surface area contributed by atoms with E-state index >= 15 is 0 Å². The summed E-state index contributed by atoms with van der Waals surface area (Å²) < 4.78 is 60.1. The van der Waals surface area contributed by atoms with Gasteiger partial charge in [0.1, 0.15) is 11.8 Å². The van der Waals surface area contributed by atoms with Gasteiger partial charge in [-0.1, -0.05) is 0 Å². The highest BCUT2D eigenvalue weighted by molar-refractivity contribution is 7.48. The van der Waals surface area contributed by atoms with Gasteiger partial charge in [-0.05, 0) is 41.5 Å². The minimum absolute atomic E-state index is 0.361. The van der Waals surface area contributed by atoms with Crippen LogP contribution in [0.1, 0.15) is 54.2 Å². The van der Waals surface area contributed by atoms with Gasteiger partial charge in [-0.2, -0.15) is 0 Å². The number of halogens is 2. The molecule has 0 spiro atoms. The summed E-state index contributed by atoms with van der Waals surface area (Å²) >= 11 is 6.04. The molecule has 1 aromatic rings. The Balaban J connectivity index is 2.16. The summed E-state index contributed by atoms with van der Waals surface area (Å²) in [7, 11) is -4.60. The Hall–Kier alpha value is -2.09. The topological polar surface area (TPSA) is 161 Å². The van der Waals surface area contributed by atoms with Crippen LogP contribution in [0, 0.1) is 10.8 Å². The van der Waals surface area contributed by atoms with Crippen molar-refractivity contribution in [2.75, 3.05) is 26.1 Å². The minimum Gasteiger partial charge on any atom is -0.437 e. The lowest BCUT2D eigenvalue weighted by Crippen LogP contribution is -2.38. The lowest BCUT2D eigenvalue weighted by Gasteiger charge is -2.28. The van der Waals surface area contributed by atoms with Crippen LogP contribution in [0.5, 0.6) is 0 Å². The van der Waals surface area contributed by atoms with Gasteiger partial charge < -0.3 is 14.2 Å². The van der Waals surface area contributed by atoms with Gasteiger partial charge in [0.2, 0.25) is 13.6 Å². The molecule has 1 saturated heterocycles. The van der Waals surface area contributed by atoms with Gasteiger partial charge >= 0.3 is 25.5 Å². The zero-order valence-electron chi connectivity index (χ0n) is 22.0. The minimum atomic E-state index is -4.60. The van der Waals surface area contributed by atoms with Crippen LogP contribution in [-0.2, 0) is 41.9 Å². The number of nitrogens with zero attached hydrogens (tertiary/aromatic N) is 1. The number of rotatable bonds is 11. The van der Waals surface area contributed by atoms with Gasteiger partial charge in [0.05, 0.1) is 23.3 Å². The highest BCUT2D eigenvalue weighted by Crippen LogP contribution is 2.52. The second-order valence-electron chi connectivity index (χ2n) is 10.6. The lowest BCUT2D eigenvalue weighted by molar-refractivity contribution is -0.164. The third kappa shape index (κ3) is 8.72. The summed E-state index contributed by atoms with van der Waals surface area (Å²) in [5.41, 5.74) is -4.96. The maximum absolute atomic E-state index is 14.9. The molecule has 13 nitrogen and oxygen atoms in total. The average Bonchev–Trinajstić information content (AvgIpc) is 3.13. The number of alkyl halides is 2. The Bertz CT molecular complexity index is 1120. The van der Waals surface area contributed by atoms with Crippen molar-refractivity contribution in [3.63, 3.8) is 0 Å². The van der Waals surface area contributed by atoms with Crippen molar-refractivity contribution < 1.29 is 46.3 Å². The summed E-state index contributed by atoms with van der Waals surface area (Å²) in [4.78, 5) is 49.5. The van der Waals surface area contributed by atoms with E-state index in [4.69, 9.17) is 39.4 Å². The maximum atomic E-state index is 14.9. The first-order valence-electron chi connectivity index (χ1n) is 11.5. The first-order valence-corrected chi connectivity index (χ1v) is 13.5. The zero-order valence-corrected chi connectivity index (χ0v) is 23.6. The van der Waals surface area contributed by atoms with Crippen LogP contribution in [0.2, 0.25) is 0 Å². The smallest absolute Gasteiger partial charge is 0.437 e. The van der Waals surface area contributed by atoms with Crippen LogP contribution in [0.15, 0.2) is 21.9 Å². The first-order chi connectivity index (χ1) is 17.4. The van der Waals surface area contributed by atoms with Crippen molar-refractivity contribution in [1.29, 1.82) is 0 Å². The largest absolute Gasteiger partial charge is 0.480 e. The third-order valence-electron chi connectivity index (χ3n) is 5.13. The molecule has 1 aliphatic heterocycles. The number of hydrogen-bond acceptors (Lipinski definition) is 11. The van der Waals surface area contributed by atoms with E-state index in [-0.39, 0.29) is 12.3 Å². The quantitative estimate of drug-likeness (QED) is 0.175. The number of H-pyrrole nitrogens is 1.